The van der Waals surface area contributed by atoms with Crippen LogP contribution in [0.4, 0.5) is 17.6 Å². The van der Waals surface area contributed by atoms with Crippen molar-refractivity contribution in [2.45, 2.75) is 11.8 Å². The van der Waals surface area contributed by atoms with Gasteiger partial charge in [-0.15, -0.1) is 0 Å². The highest BCUT2D eigenvalue weighted by Crippen LogP contribution is 2.47. The Kier molecular flexibility index (Phi) is 4.13. The van der Waals surface area contributed by atoms with Crippen molar-refractivity contribution in [2.75, 3.05) is 0 Å². The largest absolute Gasteiger partial charge is 0.425 e. The maximum absolute atomic E-state index is 14.3. The Morgan fingerprint density at radius 2 is 1.84 bits per heavy atom. The summed E-state index contributed by atoms with van der Waals surface area (Å²) in [6.45, 7) is 0. The van der Waals surface area contributed by atoms with E-state index in [4.69, 9.17) is 0 Å². The standard InChI is InChI=1S/C22H14F4N4O/c23-15-5-6-18-16(10-15)17(12-28-18)21(31,22(24,25)26)14-4-7-19-13(9-14)11-29-30(19)20-3-1-2-8-27-20/h1-12,28,31H. The quantitative estimate of drug-likeness (QED) is 0.406. The van der Waals surface area contributed by atoms with Crippen molar-refractivity contribution in [1.82, 2.24) is 19.7 Å². The number of alkyl halides is 3. The molecule has 31 heavy (non-hydrogen) atoms. The van der Waals surface area contributed by atoms with E-state index < -0.39 is 28.7 Å². The third-order valence-corrected chi connectivity index (χ3v) is 5.30. The molecule has 0 spiro atoms. The first-order valence-corrected chi connectivity index (χ1v) is 9.25. The maximum Gasteiger partial charge on any atom is 0.425 e. The number of aromatic nitrogens is 4. The molecule has 2 aromatic carbocycles. The molecule has 0 aliphatic rings. The van der Waals surface area contributed by atoms with Gasteiger partial charge in [-0.3, -0.25) is 0 Å². The fourth-order valence-electron chi connectivity index (χ4n) is 3.78. The molecule has 9 heteroatoms. The van der Waals surface area contributed by atoms with Crippen LogP contribution in [0.5, 0.6) is 0 Å². The molecule has 0 aliphatic carbocycles. The van der Waals surface area contributed by atoms with E-state index in [0.717, 1.165) is 18.3 Å². The average molecular weight is 426 g/mol. The lowest BCUT2D eigenvalue weighted by Crippen LogP contribution is -2.43. The van der Waals surface area contributed by atoms with Crippen molar-refractivity contribution in [3.8, 4) is 5.82 Å². The SMILES string of the molecule is OC(c1ccc2c(cnn2-c2ccccn2)c1)(c1c[nH]c2ccc(F)cc12)C(F)(F)F. The first kappa shape index (κ1) is 19.3. The Balaban J connectivity index is 1.72. The number of fused-ring (bicyclic) bond motifs is 2. The number of pyridine rings is 1. The zero-order chi connectivity index (χ0) is 21.8. The number of hydrogen-bond donors (Lipinski definition) is 2. The number of rotatable bonds is 3. The van der Waals surface area contributed by atoms with E-state index in [-0.39, 0.29) is 10.9 Å². The van der Waals surface area contributed by atoms with Gasteiger partial charge in [-0.25, -0.2) is 14.1 Å². The third kappa shape index (κ3) is 2.89. The Labute approximate surface area is 172 Å². The summed E-state index contributed by atoms with van der Waals surface area (Å²) in [7, 11) is 0. The molecule has 156 valence electrons. The van der Waals surface area contributed by atoms with Gasteiger partial charge < -0.3 is 10.1 Å². The monoisotopic (exact) mass is 426 g/mol. The number of halogens is 4. The lowest BCUT2D eigenvalue weighted by atomic mass is 9.85. The lowest BCUT2D eigenvalue weighted by molar-refractivity contribution is -0.247. The molecule has 0 aliphatic heterocycles. The number of hydrogen-bond acceptors (Lipinski definition) is 3. The number of nitrogens with zero attached hydrogens (tertiary/aromatic N) is 3. The highest BCUT2D eigenvalue weighted by Gasteiger charge is 2.57. The minimum absolute atomic E-state index is 0.0518. The lowest BCUT2D eigenvalue weighted by Gasteiger charge is -2.31. The van der Waals surface area contributed by atoms with Crippen LogP contribution in [-0.2, 0) is 5.60 Å². The molecule has 1 unspecified atom stereocenters. The molecular formula is C22H14F4N4O. The molecule has 1 atom stereocenters. The van der Waals surface area contributed by atoms with E-state index in [9.17, 15) is 22.7 Å². The van der Waals surface area contributed by atoms with E-state index in [2.05, 4.69) is 15.1 Å². The van der Waals surface area contributed by atoms with Crippen LogP contribution in [0, 0.1) is 5.82 Å². The van der Waals surface area contributed by atoms with Crippen molar-refractivity contribution in [2.24, 2.45) is 0 Å². The molecule has 0 saturated carbocycles. The Morgan fingerprint density at radius 3 is 2.58 bits per heavy atom. The molecule has 3 aromatic heterocycles. The number of nitrogens with one attached hydrogen (secondary N) is 1. The summed E-state index contributed by atoms with van der Waals surface area (Å²) in [5.41, 5.74) is -3.44. The molecule has 0 saturated heterocycles. The van der Waals surface area contributed by atoms with Gasteiger partial charge in [0.05, 0.1) is 11.7 Å². The summed E-state index contributed by atoms with van der Waals surface area (Å²) in [4.78, 5) is 6.87. The van der Waals surface area contributed by atoms with Gasteiger partial charge >= 0.3 is 6.18 Å². The molecular weight excluding hydrogens is 412 g/mol. The van der Waals surface area contributed by atoms with Gasteiger partial charge in [0.15, 0.2) is 5.82 Å². The van der Waals surface area contributed by atoms with Crippen LogP contribution < -0.4 is 0 Å². The second-order valence-corrected chi connectivity index (χ2v) is 7.12. The highest BCUT2D eigenvalue weighted by atomic mass is 19.4. The van der Waals surface area contributed by atoms with Gasteiger partial charge in [0.1, 0.15) is 5.82 Å². The van der Waals surface area contributed by atoms with Crippen molar-refractivity contribution >= 4 is 21.8 Å². The van der Waals surface area contributed by atoms with Crippen LogP contribution in [0.2, 0.25) is 0 Å². The fourth-order valence-corrected chi connectivity index (χ4v) is 3.78. The maximum atomic E-state index is 14.3. The molecule has 3 heterocycles. The summed E-state index contributed by atoms with van der Waals surface area (Å²) in [6, 6.07) is 12.5. The summed E-state index contributed by atoms with van der Waals surface area (Å²) >= 11 is 0. The molecule has 2 N–H and O–H groups in total. The minimum atomic E-state index is -5.07. The van der Waals surface area contributed by atoms with Gasteiger partial charge in [0.25, 0.3) is 0 Å². The van der Waals surface area contributed by atoms with Crippen LogP contribution in [0.1, 0.15) is 11.1 Å². The third-order valence-electron chi connectivity index (χ3n) is 5.30. The Hall–Kier alpha value is -3.72. The topological polar surface area (TPSA) is 66.7 Å². The zero-order valence-electron chi connectivity index (χ0n) is 15.7. The van der Waals surface area contributed by atoms with E-state index >= 15 is 0 Å². The highest BCUT2D eigenvalue weighted by molar-refractivity contribution is 5.86. The predicted octanol–water partition coefficient (Wildman–Crippen LogP) is 4.84. The number of aliphatic hydroxyl groups is 1. The number of H-pyrrole nitrogens is 1. The molecule has 5 aromatic rings. The van der Waals surface area contributed by atoms with Gasteiger partial charge in [-0.2, -0.15) is 18.3 Å². The molecule has 0 bridgehead atoms. The molecule has 0 fully saturated rings. The van der Waals surface area contributed by atoms with E-state index in [1.54, 1.807) is 24.4 Å². The van der Waals surface area contributed by atoms with Gasteiger partial charge in [-0.1, -0.05) is 12.1 Å². The van der Waals surface area contributed by atoms with E-state index in [1.165, 1.54) is 35.1 Å². The summed E-state index contributed by atoms with van der Waals surface area (Å²) in [6.07, 6.45) is -1.03. The van der Waals surface area contributed by atoms with Crippen LogP contribution in [0.15, 0.2) is 73.2 Å². The first-order chi connectivity index (χ1) is 14.8. The average Bonchev–Trinajstić information content (AvgIpc) is 3.36. The number of aromatic amines is 1. The summed E-state index contributed by atoms with van der Waals surface area (Å²) < 4.78 is 58.0. The minimum Gasteiger partial charge on any atom is -0.372 e. The van der Waals surface area contributed by atoms with Crippen molar-refractivity contribution in [1.29, 1.82) is 0 Å². The summed E-state index contributed by atoms with van der Waals surface area (Å²) in [5.74, 6) is -0.201. The van der Waals surface area contributed by atoms with Gasteiger partial charge in [-0.05, 0) is 48.0 Å². The zero-order valence-corrected chi connectivity index (χ0v) is 15.7. The van der Waals surface area contributed by atoms with Crippen molar-refractivity contribution < 1.29 is 22.7 Å². The van der Waals surface area contributed by atoms with Crippen LogP contribution in [-0.4, -0.2) is 31.0 Å². The van der Waals surface area contributed by atoms with E-state index in [1.807, 2.05) is 0 Å². The van der Waals surface area contributed by atoms with Crippen molar-refractivity contribution in [3.63, 3.8) is 0 Å². The normalized spacial score (nSPS) is 14.2. The van der Waals surface area contributed by atoms with Crippen molar-refractivity contribution in [3.05, 3.63) is 90.1 Å². The summed E-state index contributed by atoms with van der Waals surface area (Å²) in [5, 5.41) is 15.6. The smallest absolute Gasteiger partial charge is 0.372 e. The second-order valence-electron chi connectivity index (χ2n) is 7.12. The van der Waals surface area contributed by atoms with Crippen LogP contribution in [0.3, 0.4) is 0 Å². The number of benzene rings is 2. The van der Waals surface area contributed by atoms with Crippen LogP contribution in [0.25, 0.3) is 27.6 Å². The second kappa shape index (κ2) is 6.64. The predicted molar refractivity (Wildman–Crippen MR) is 106 cm³/mol. The Morgan fingerprint density at radius 1 is 1.00 bits per heavy atom. The molecule has 5 nitrogen and oxygen atoms in total. The first-order valence-electron chi connectivity index (χ1n) is 9.25. The van der Waals surface area contributed by atoms with E-state index in [0.29, 0.717) is 16.7 Å². The fraction of sp³-hybridized carbons (Fsp3) is 0.0909. The van der Waals surface area contributed by atoms with Crippen LogP contribution >= 0.6 is 0 Å². The van der Waals surface area contributed by atoms with Gasteiger partial charge in [0, 0.05) is 34.2 Å². The van der Waals surface area contributed by atoms with Gasteiger partial charge in [0.2, 0.25) is 5.60 Å². The molecule has 0 amide bonds. The molecule has 0 radical (unpaired) electrons. The Bertz CT molecular complexity index is 1410. The molecule has 5 rings (SSSR count).